The molecule has 0 saturated carbocycles. The molecule has 1 aromatic rings. The Bertz CT molecular complexity index is 552. The summed E-state index contributed by atoms with van der Waals surface area (Å²) in [6.45, 7) is 5.55. The molecular weight excluding hydrogens is 295 g/mol. The summed E-state index contributed by atoms with van der Waals surface area (Å²) >= 11 is 0. The molecule has 1 heterocycles. The third-order valence-electron chi connectivity index (χ3n) is 4.21. The van der Waals surface area contributed by atoms with Gasteiger partial charge in [-0.2, -0.15) is 5.26 Å². The van der Waals surface area contributed by atoms with Crippen molar-refractivity contribution in [2.24, 2.45) is 0 Å². The van der Waals surface area contributed by atoms with Crippen molar-refractivity contribution in [3.63, 3.8) is 0 Å². The first-order valence-electron chi connectivity index (χ1n) is 7.94. The lowest BCUT2D eigenvalue weighted by atomic mass is 10.1. The standard InChI is InChI=1S/C17H25FN4O/c1-20-5-7-22(8-6-20)13-16(23)12-21(2)11-15-4-3-14(10-19)9-17(15)18/h3-4,9,16,23H,5-8,11-13H2,1-2H3. The van der Waals surface area contributed by atoms with E-state index in [-0.39, 0.29) is 5.82 Å². The first-order chi connectivity index (χ1) is 11.0. The van der Waals surface area contributed by atoms with E-state index < -0.39 is 6.10 Å². The highest BCUT2D eigenvalue weighted by atomic mass is 19.1. The lowest BCUT2D eigenvalue weighted by Gasteiger charge is -2.34. The van der Waals surface area contributed by atoms with Crippen molar-refractivity contribution in [3.8, 4) is 6.07 Å². The molecule has 2 rings (SSSR count). The van der Waals surface area contributed by atoms with Crippen LogP contribution < -0.4 is 0 Å². The Morgan fingerprint density at radius 1 is 1.35 bits per heavy atom. The highest BCUT2D eigenvalue weighted by Crippen LogP contribution is 2.12. The first-order valence-corrected chi connectivity index (χ1v) is 7.94. The van der Waals surface area contributed by atoms with Crippen LogP contribution in [0.5, 0.6) is 0 Å². The van der Waals surface area contributed by atoms with Gasteiger partial charge < -0.3 is 10.0 Å². The Morgan fingerprint density at radius 2 is 2.04 bits per heavy atom. The summed E-state index contributed by atoms with van der Waals surface area (Å²) < 4.78 is 13.9. The van der Waals surface area contributed by atoms with E-state index in [2.05, 4.69) is 16.8 Å². The smallest absolute Gasteiger partial charge is 0.129 e. The van der Waals surface area contributed by atoms with E-state index in [1.165, 1.54) is 6.07 Å². The molecular formula is C17H25FN4O. The molecule has 0 amide bonds. The fourth-order valence-electron chi connectivity index (χ4n) is 2.85. The quantitative estimate of drug-likeness (QED) is 0.838. The van der Waals surface area contributed by atoms with Gasteiger partial charge in [0.05, 0.1) is 17.7 Å². The normalized spacial score (nSPS) is 18.1. The Labute approximate surface area is 137 Å². The number of halogens is 1. The van der Waals surface area contributed by atoms with Crippen LogP contribution in [0.2, 0.25) is 0 Å². The zero-order valence-electron chi connectivity index (χ0n) is 13.9. The second-order valence-electron chi connectivity index (χ2n) is 6.37. The number of nitriles is 1. The molecule has 0 aliphatic carbocycles. The molecule has 1 aliphatic rings. The molecule has 1 aliphatic heterocycles. The van der Waals surface area contributed by atoms with Crippen LogP contribution in [0.1, 0.15) is 11.1 Å². The molecule has 1 aromatic carbocycles. The fraction of sp³-hybridized carbons (Fsp3) is 0.588. The van der Waals surface area contributed by atoms with Crippen molar-refractivity contribution < 1.29 is 9.50 Å². The molecule has 23 heavy (non-hydrogen) atoms. The number of rotatable bonds is 6. The number of aliphatic hydroxyl groups excluding tert-OH is 1. The van der Waals surface area contributed by atoms with E-state index in [1.54, 1.807) is 12.1 Å². The Morgan fingerprint density at radius 3 is 2.65 bits per heavy atom. The highest BCUT2D eigenvalue weighted by molar-refractivity contribution is 5.32. The third kappa shape index (κ3) is 5.56. The molecule has 1 N–H and O–H groups in total. The summed E-state index contributed by atoms with van der Waals surface area (Å²) in [6.07, 6.45) is -0.454. The summed E-state index contributed by atoms with van der Waals surface area (Å²) in [5.74, 6) is -0.371. The van der Waals surface area contributed by atoms with Crippen LogP contribution in [0.25, 0.3) is 0 Å². The highest BCUT2D eigenvalue weighted by Gasteiger charge is 2.18. The first kappa shape index (κ1) is 17.8. The Hall–Kier alpha value is -1.52. The van der Waals surface area contributed by atoms with Crippen molar-refractivity contribution in [2.45, 2.75) is 12.6 Å². The van der Waals surface area contributed by atoms with E-state index in [1.807, 2.05) is 18.0 Å². The predicted molar refractivity (Wildman–Crippen MR) is 87.4 cm³/mol. The molecule has 126 valence electrons. The van der Waals surface area contributed by atoms with Crippen molar-refractivity contribution in [3.05, 3.63) is 35.1 Å². The minimum Gasteiger partial charge on any atom is -0.390 e. The monoisotopic (exact) mass is 320 g/mol. The van der Waals surface area contributed by atoms with E-state index >= 15 is 0 Å². The van der Waals surface area contributed by atoms with Gasteiger partial charge in [-0.15, -0.1) is 0 Å². The van der Waals surface area contributed by atoms with Gasteiger partial charge in [-0.1, -0.05) is 6.07 Å². The van der Waals surface area contributed by atoms with Gasteiger partial charge in [0.25, 0.3) is 0 Å². The molecule has 1 fully saturated rings. The molecule has 1 atom stereocenters. The van der Waals surface area contributed by atoms with Gasteiger partial charge in [0.15, 0.2) is 0 Å². The number of hydrogen-bond acceptors (Lipinski definition) is 5. The zero-order chi connectivity index (χ0) is 16.8. The SMILES string of the molecule is CN1CCN(CC(O)CN(C)Cc2ccc(C#N)cc2F)CC1. The van der Waals surface area contributed by atoms with Crippen LogP contribution in [0, 0.1) is 17.1 Å². The Kier molecular flexibility index (Phi) is 6.48. The predicted octanol–water partition coefficient (Wildman–Crippen LogP) is 0.737. The van der Waals surface area contributed by atoms with Gasteiger partial charge in [-0.25, -0.2) is 4.39 Å². The van der Waals surface area contributed by atoms with Crippen molar-refractivity contribution in [1.29, 1.82) is 5.26 Å². The maximum atomic E-state index is 13.9. The van der Waals surface area contributed by atoms with Crippen LogP contribution in [-0.2, 0) is 6.54 Å². The maximum Gasteiger partial charge on any atom is 0.129 e. The molecule has 0 radical (unpaired) electrons. The minimum absolute atomic E-state index is 0.323. The van der Waals surface area contributed by atoms with Gasteiger partial charge in [0.2, 0.25) is 0 Å². The van der Waals surface area contributed by atoms with Gasteiger partial charge in [-0.05, 0) is 26.2 Å². The van der Waals surface area contributed by atoms with Crippen molar-refractivity contribution in [2.75, 3.05) is 53.4 Å². The average molecular weight is 320 g/mol. The lowest BCUT2D eigenvalue weighted by molar-refractivity contribution is 0.0592. The van der Waals surface area contributed by atoms with Crippen LogP contribution >= 0.6 is 0 Å². The Balaban J connectivity index is 1.80. The number of β-amino-alcohol motifs (C(OH)–C–C–N with tert-alkyl or cyclic N) is 1. The van der Waals surface area contributed by atoms with Crippen molar-refractivity contribution >= 4 is 0 Å². The summed E-state index contributed by atoms with van der Waals surface area (Å²) in [5, 5.41) is 19.0. The number of hydrogen-bond donors (Lipinski definition) is 1. The number of piperazine rings is 1. The average Bonchev–Trinajstić information content (AvgIpc) is 2.51. The fourth-order valence-corrected chi connectivity index (χ4v) is 2.85. The lowest BCUT2D eigenvalue weighted by Crippen LogP contribution is -2.48. The topological polar surface area (TPSA) is 53.7 Å². The van der Waals surface area contributed by atoms with Crippen LogP contribution in [0.15, 0.2) is 18.2 Å². The second kappa shape index (κ2) is 8.37. The van der Waals surface area contributed by atoms with Gasteiger partial charge in [-0.3, -0.25) is 9.80 Å². The molecule has 0 aromatic heterocycles. The molecule has 0 spiro atoms. The maximum absolute atomic E-state index is 13.9. The zero-order valence-corrected chi connectivity index (χ0v) is 13.9. The molecule has 1 unspecified atom stereocenters. The number of likely N-dealkylation sites (N-methyl/N-ethyl adjacent to an activating group) is 2. The van der Waals surface area contributed by atoms with E-state index in [9.17, 15) is 9.50 Å². The van der Waals surface area contributed by atoms with Gasteiger partial charge in [0, 0.05) is 51.4 Å². The summed E-state index contributed by atoms with van der Waals surface area (Å²) in [6, 6.07) is 6.43. The van der Waals surface area contributed by atoms with Crippen LogP contribution in [0.3, 0.4) is 0 Å². The molecule has 5 nitrogen and oxygen atoms in total. The van der Waals surface area contributed by atoms with E-state index in [0.29, 0.717) is 30.8 Å². The molecule has 0 bridgehead atoms. The van der Waals surface area contributed by atoms with Crippen LogP contribution in [-0.4, -0.2) is 79.3 Å². The third-order valence-corrected chi connectivity index (χ3v) is 4.21. The van der Waals surface area contributed by atoms with Crippen molar-refractivity contribution in [1.82, 2.24) is 14.7 Å². The largest absolute Gasteiger partial charge is 0.390 e. The number of benzene rings is 1. The van der Waals surface area contributed by atoms with E-state index in [0.717, 1.165) is 26.2 Å². The second-order valence-corrected chi connectivity index (χ2v) is 6.37. The summed E-state index contributed by atoms with van der Waals surface area (Å²) in [4.78, 5) is 6.45. The summed E-state index contributed by atoms with van der Waals surface area (Å²) in [7, 11) is 3.97. The molecule has 6 heteroatoms. The number of aliphatic hydroxyl groups is 1. The molecule has 1 saturated heterocycles. The summed E-state index contributed by atoms with van der Waals surface area (Å²) in [5.41, 5.74) is 0.863. The van der Waals surface area contributed by atoms with E-state index in [4.69, 9.17) is 5.26 Å². The van der Waals surface area contributed by atoms with Crippen LogP contribution in [0.4, 0.5) is 4.39 Å². The number of nitrogens with zero attached hydrogens (tertiary/aromatic N) is 4. The van der Waals surface area contributed by atoms with Gasteiger partial charge >= 0.3 is 0 Å². The minimum atomic E-state index is -0.454. The van der Waals surface area contributed by atoms with Gasteiger partial charge in [0.1, 0.15) is 5.82 Å².